The van der Waals surface area contributed by atoms with Crippen LogP contribution in [0.15, 0.2) is 54.6 Å². The van der Waals surface area contributed by atoms with E-state index < -0.39 is 0 Å². The summed E-state index contributed by atoms with van der Waals surface area (Å²) in [7, 11) is 3.56. The topological polar surface area (TPSA) is 29.5 Å². The molecule has 0 heterocycles. The van der Waals surface area contributed by atoms with Crippen LogP contribution >= 0.6 is 0 Å². The van der Waals surface area contributed by atoms with Gasteiger partial charge in [0.25, 0.3) is 0 Å². The fourth-order valence-electron chi connectivity index (χ4n) is 2.11. The third kappa shape index (κ3) is 5.34. The lowest BCUT2D eigenvalue weighted by molar-refractivity contribution is -0.127. The molecule has 0 saturated carbocycles. The van der Waals surface area contributed by atoms with Crippen LogP contribution in [-0.2, 0) is 29.0 Å². The molecule has 0 aliphatic rings. The summed E-state index contributed by atoms with van der Waals surface area (Å²) < 4.78 is 5.69. The monoisotopic (exact) mass is 297 g/mol. The Balaban J connectivity index is 1.73. The van der Waals surface area contributed by atoms with Crippen molar-refractivity contribution < 1.29 is 9.53 Å². The predicted octanol–water partition coefficient (Wildman–Crippen LogP) is 3.08. The summed E-state index contributed by atoms with van der Waals surface area (Å²) in [4.78, 5) is 13.3. The van der Waals surface area contributed by atoms with Gasteiger partial charge < -0.3 is 9.64 Å². The molecule has 0 fully saturated rings. The quantitative estimate of drug-likeness (QED) is 0.735. The van der Waals surface area contributed by atoms with E-state index in [4.69, 9.17) is 4.74 Å². The summed E-state index contributed by atoms with van der Waals surface area (Å²) in [6.45, 7) is 1.35. The van der Waals surface area contributed by atoms with E-state index in [1.807, 2.05) is 30.3 Å². The smallest absolute Gasteiger partial charge is 0.226 e. The number of carbonyl (C=O) groups excluding carboxylic acids is 1. The zero-order valence-electron chi connectivity index (χ0n) is 13.3. The third-order valence-electron chi connectivity index (χ3n) is 3.52. The van der Waals surface area contributed by atoms with Gasteiger partial charge in [-0.3, -0.25) is 4.79 Å². The molecule has 22 heavy (non-hydrogen) atoms. The van der Waals surface area contributed by atoms with Crippen molar-refractivity contribution in [1.29, 1.82) is 0 Å². The second-order valence-corrected chi connectivity index (χ2v) is 5.57. The fraction of sp³-hybridized carbons (Fsp3) is 0.316. The van der Waals surface area contributed by atoms with E-state index in [1.165, 1.54) is 11.1 Å². The molecule has 0 aliphatic heterocycles. The maximum absolute atomic E-state index is 11.6. The molecule has 3 nitrogen and oxygen atoms in total. The zero-order valence-corrected chi connectivity index (χ0v) is 13.3. The number of ether oxygens (including phenoxy) is 1. The van der Waals surface area contributed by atoms with E-state index in [1.54, 1.807) is 19.0 Å². The van der Waals surface area contributed by atoms with Gasteiger partial charge >= 0.3 is 0 Å². The molecule has 3 heteroatoms. The highest BCUT2D eigenvalue weighted by Gasteiger charge is 2.05. The third-order valence-corrected chi connectivity index (χ3v) is 3.52. The molecule has 0 bridgehead atoms. The number of carbonyl (C=O) groups is 1. The number of hydrogen-bond acceptors (Lipinski definition) is 2. The van der Waals surface area contributed by atoms with Crippen molar-refractivity contribution in [3.63, 3.8) is 0 Å². The van der Waals surface area contributed by atoms with Crippen LogP contribution in [0, 0.1) is 0 Å². The van der Waals surface area contributed by atoms with Gasteiger partial charge in [0.2, 0.25) is 5.91 Å². The largest absolute Gasteiger partial charge is 0.376 e. The summed E-state index contributed by atoms with van der Waals surface area (Å²) in [6, 6.07) is 18.4. The number of rotatable bonds is 7. The summed E-state index contributed by atoms with van der Waals surface area (Å²) >= 11 is 0. The van der Waals surface area contributed by atoms with Crippen LogP contribution in [-0.4, -0.2) is 31.5 Å². The van der Waals surface area contributed by atoms with Crippen molar-refractivity contribution in [3.8, 4) is 0 Å². The van der Waals surface area contributed by atoms with Gasteiger partial charge in [0.1, 0.15) is 0 Å². The molecule has 0 N–H and O–H groups in total. The Kier molecular flexibility index (Phi) is 6.16. The Morgan fingerprint density at radius 3 is 2.18 bits per heavy atom. The first-order chi connectivity index (χ1) is 10.6. The Morgan fingerprint density at radius 2 is 1.55 bits per heavy atom. The van der Waals surface area contributed by atoms with Gasteiger partial charge in [-0.15, -0.1) is 0 Å². The van der Waals surface area contributed by atoms with Crippen LogP contribution in [0.2, 0.25) is 0 Å². The molecule has 2 rings (SSSR count). The SMILES string of the molecule is CN(C)C(=O)Cc1ccc(CCOCc2ccccc2)cc1. The Bertz CT molecular complexity index is 576. The minimum Gasteiger partial charge on any atom is -0.376 e. The first-order valence-electron chi connectivity index (χ1n) is 7.55. The van der Waals surface area contributed by atoms with Gasteiger partial charge in [0.15, 0.2) is 0 Å². The molecule has 0 atom stereocenters. The van der Waals surface area contributed by atoms with Crippen molar-refractivity contribution in [1.82, 2.24) is 4.90 Å². The van der Waals surface area contributed by atoms with Crippen LogP contribution in [0.1, 0.15) is 16.7 Å². The average Bonchev–Trinajstić information content (AvgIpc) is 2.54. The fourth-order valence-corrected chi connectivity index (χ4v) is 2.11. The predicted molar refractivity (Wildman–Crippen MR) is 88.6 cm³/mol. The summed E-state index contributed by atoms with van der Waals surface area (Å²) in [5.41, 5.74) is 3.47. The molecule has 116 valence electrons. The molecule has 0 saturated heterocycles. The van der Waals surface area contributed by atoms with Gasteiger partial charge in [-0.2, -0.15) is 0 Å². The van der Waals surface area contributed by atoms with E-state index in [-0.39, 0.29) is 5.91 Å². The normalized spacial score (nSPS) is 10.5. The lowest BCUT2D eigenvalue weighted by atomic mass is 10.1. The highest BCUT2D eigenvalue weighted by Crippen LogP contribution is 2.08. The van der Waals surface area contributed by atoms with E-state index in [0.717, 1.165) is 12.0 Å². The summed E-state index contributed by atoms with van der Waals surface area (Å²) in [6.07, 6.45) is 1.34. The summed E-state index contributed by atoms with van der Waals surface area (Å²) in [5.74, 6) is 0.124. The Morgan fingerprint density at radius 1 is 0.909 bits per heavy atom. The van der Waals surface area contributed by atoms with Crippen molar-refractivity contribution >= 4 is 5.91 Å². The Hall–Kier alpha value is -2.13. The van der Waals surface area contributed by atoms with Crippen LogP contribution < -0.4 is 0 Å². The molecular weight excluding hydrogens is 274 g/mol. The number of amides is 1. The molecular formula is C19H23NO2. The highest BCUT2D eigenvalue weighted by molar-refractivity contribution is 5.78. The van der Waals surface area contributed by atoms with Crippen LogP contribution in [0.25, 0.3) is 0 Å². The van der Waals surface area contributed by atoms with Gasteiger partial charge in [-0.25, -0.2) is 0 Å². The van der Waals surface area contributed by atoms with Crippen LogP contribution in [0.3, 0.4) is 0 Å². The van der Waals surface area contributed by atoms with Gasteiger partial charge in [0.05, 0.1) is 19.6 Å². The first-order valence-corrected chi connectivity index (χ1v) is 7.55. The standard InChI is InChI=1S/C19H23NO2/c1-20(2)19(21)14-17-10-8-16(9-11-17)12-13-22-15-18-6-4-3-5-7-18/h3-11H,12-15H2,1-2H3. The van der Waals surface area contributed by atoms with E-state index >= 15 is 0 Å². The van der Waals surface area contributed by atoms with Gasteiger partial charge in [-0.05, 0) is 23.1 Å². The molecule has 0 unspecified atom stereocenters. The molecule has 0 spiro atoms. The van der Waals surface area contributed by atoms with E-state index in [0.29, 0.717) is 19.6 Å². The first kappa shape index (κ1) is 16.2. The van der Waals surface area contributed by atoms with Crippen molar-refractivity contribution in [3.05, 3.63) is 71.3 Å². The van der Waals surface area contributed by atoms with E-state index in [9.17, 15) is 4.79 Å². The second-order valence-electron chi connectivity index (χ2n) is 5.57. The zero-order chi connectivity index (χ0) is 15.8. The minimum absolute atomic E-state index is 0.124. The molecule has 0 radical (unpaired) electrons. The van der Waals surface area contributed by atoms with E-state index in [2.05, 4.69) is 24.3 Å². The number of hydrogen-bond donors (Lipinski definition) is 0. The summed E-state index contributed by atoms with van der Waals surface area (Å²) in [5, 5.41) is 0. The number of benzene rings is 2. The molecule has 0 aliphatic carbocycles. The average molecular weight is 297 g/mol. The molecule has 0 aromatic heterocycles. The minimum atomic E-state index is 0.124. The van der Waals surface area contributed by atoms with Crippen molar-refractivity contribution in [2.24, 2.45) is 0 Å². The van der Waals surface area contributed by atoms with Gasteiger partial charge in [-0.1, -0.05) is 54.6 Å². The molecule has 1 amide bonds. The van der Waals surface area contributed by atoms with Crippen molar-refractivity contribution in [2.75, 3.05) is 20.7 Å². The second kappa shape index (κ2) is 8.35. The lowest BCUT2D eigenvalue weighted by Gasteiger charge is -2.10. The maximum atomic E-state index is 11.6. The van der Waals surface area contributed by atoms with Gasteiger partial charge in [0, 0.05) is 14.1 Å². The van der Waals surface area contributed by atoms with Crippen molar-refractivity contribution in [2.45, 2.75) is 19.4 Å². The Labute approximate surface area is 132 Å². The highest BCUT2D eigenvalue weighted by atomic mass is 16.5. The number of likely N-dealkylation sites (N-methyl/N-ethyl adjacent to an activating group) is 1. The lowest BCUT2D eigenvalue weighted by Crippen LogP contribution is -2.23. The maximum Gasteiger partial charge on any atom is 0.226 e. The number of nitrogens with zero attached hydrogens (tertiary/aromatic N) is 1. The molecule has 2 aromatic carbocycles. The van der Waals surface area contributed by atoms with Crippen LogP contribution in [0.5, 0.6) is 0 Å². The molecule has 2 aromatic rings. The van der Waals surface area contributed by atoms with Crippen LogP contribution in [0.4, 0.5) is 0 Å².